The zero-order valence-electron chi connectivity index (χ0n) is 19.8. The molecule has 7 N–H and O–H groups in total. The molecule has 0 amide bonds. The number of imidazole rings is 1. The number of nitrogen functional groups attached to an aromatic ring is 1. The summed E-state index contributed by atoms with van der Waals surface area (Å²) in [6, 6.07) is 1.40. The molecule has 3 heterocycles. The predicted octanol–water partition coefficient (Wildman–Crippen LogP) is -0.918. The van der Waals surface area contributed by atoms with Crippen LogP contribution in [0.15, 0.2) is 35.7 Å². The fourth-order valence-corrected chi connectivity index (χ4v) is 5.70. The van der Waals surface area contributed by atoms with Crippen molar-refractivity contribution in [2.24, 2.45) is 5.73 Å². The van der Waals surface area contributed by atoms with Crippen molar-refractivity contribution >= 4 is 50.3 Å². The molecule has 0 aliphatic carbocycles. The van der Waals surface area contributed by atoms with E-state index < -0.39 is 75.2 Å². The molecule has 5 atom stereocenters. The Morgan fingerprint density at radius 2 is 2.00 bits per heavy atom. The summed E-state index contributed by atoms with van der Waals surface area (Å²) in [6.07, 6.45) is -3.70. The van der Waals surface area contributed by atoms with Crippen molar-refractivity contribution in [1.82, 2.24) is 23.8 Å². The predicted molar refractivity (Wildman–Crippen MR) is 133 cm³/mol. The molecular weight excluding hydrogens is 564 g/mol. The number of aliphatic hydroxyl groups excluding tert-OH is 2. The van der Waals surface area contributed by atoms with Crippen LogP contribution in [-0.4, -0.2) is 95.9 Å². The maximum absolute atomic E-state index is 13.5. The topological polar surface area (TPSA) is 263 Å². The monoisotopic (exact) mass is 586 g/mol. The number of ether oxygens (including phenoxy) is 1. The molecule has 39 heavy (non-hydrogen) atoms. The van der Waals surface area contributed by atoms with Crippen LogP contribution < -0.4 is 11.5 Å². The lowest BCUT2D eigenvalue weighted by Gasteiger charge is -2.27. The molecule has 0 unspecified atom stereocenters. The molecule has 0 radical (unpaired) electrons. The fourth-order valence-electron chi connectivity index (χ4n) is 4.02. The van der Waals surface area contributed by atoms with Gasteiger partial charge in [-0.05, 0) is 18.6 Å². The number of hydrogen-bond acceptors (Lipinski definition) is 13. The van der Waals surface area contributed by atoms with E-state index >= 15 is 0 Å². The number of nitro groups is 1. The summed E-state index contributed by atoms with van der Waals surface area (Å²) in [4.78, 5) is 33.1. The summed E-state index contributed by atoms with van der Waals surface area (Å²) in [5.74, 6) is -1.32. The summed E-state index contributed by atoms with van der Waals surface area (Å²) in [5, 5.41) is 41.6. The lowest BCUT2D eigenvalue weighted by atomic mass is 10.1. The lowest BCUT2D eigenvalue weighted by molar-refractivity contribution is -0.384. The Kier molecular flexibility index (Phi) is 7.98. The molecule has 17 nitrogen and oxygen atoms in total. The second-order valence-corrected chi connectivity index (χ2v) is 10.9. The van der Waals surface area contributed by atoms with Gasteiger partial charge in [0.2, 0.25) is 10.0 Å². The van der Waals surface area contributed by atoms with E-state index in [1.165, 1.54) is 10.9 Å². The average Bonchev–Trinajstić information content (AvgIpc) is 3.43. The van der Waals surface area contributed by atoms with Crippen LogP contribution in [0.1, 0.15) is 12.6 Å². The number of nitro benzene ring substituents is 1. The Morgan fingerprint density at radius 1 is 1.28 bits per heavy atom. The van der Waals surface area contributed by atoms with Crippen LogP contribution in [0.4, 0.5) is 11.5 Å². The maximum Gasteiger partial charge on any atom is 0.320 e. The van der Waals surface area contributed by atoms with E-state index in [1.807, 2.05) is 0 Å². The van der Waals surface area contributed by atoms with Crippen molar-refractivity contribution < 1.29 is 38.2 Å². The summed E-state index contributed by atoms with van der Waals surface area (Å²) in [7, 11) is -4.54. The molecule has 4 rings (SSSR count). The number of fused-ring (bicyclic) bond motifs is 1. The second-order valence-electron chi connectivity index (χ2n) is 8.60. The van der Waals surface area contributed by atoms with Gasteiger partial charge in [0.05, 0.1) is 16.1 Å². The minimum Gasteiger partial charge on any atom is -0.480 e. The van der Waals surface area contributed by atoms with Crippen molar-refractivity contribution in [2.75, 3.05) is 18.8 Å². The number of aromatic nitrogens is 4. The third-order valence-corrected chi connectivity index (χ3v) is 8.32. The Hall–Kier alpha value is -3.52. The van der Waals surface area contributed by atoms with Crippen molar-refractivity contribution in [3.8, 4) is 0 Å². The van der Waals surface area contributed by atoms with Crippen LogP contribution in [0, 0.1) is 10.1 Å². The van der Waals surface area contributed by atoms with Gasteiger partial charge in [-0.25, -0.2) is 23.4 Å². The van der Waals surface area contributed by atoms with Gasteiger partial charge in [-0.2, -0.15) is 4.31 Å². The molecule has 19 heteroatoms. The van der Waals surface area contributed by atoms with E-state index in [0.29, 0.717) is 0 Å². The number of aliphatic carboxylic acids is 1. The highest BCUT2D eigenvalue weighted by Crippen LogP contribution is 2.34. The van der Waals surface area contributed by atoms with E-state index in [1.54, 1.807) is 0 Å². The van der Waals surface area contributed by atoms with E-state index in [4.69, 9.17) is 32.9 Å². The third-order valence-electron chi connectivity index (χ3n) is 6.14. The first-order chi connectivity index (χ1) is 18.3. The van der Waals surface area contributed by atoms with Gasteiger partial charge in [0.1, 0.15) is 41.2 Å². The third kappa shape index (κ3) is 5.48. The van der Waals surface area contributed by atoms with Crippen LogP contribution in [0.3, 0.4) is 0 Å². The minimum absolute atomic E-state index is 0.0624. The van der Waals surface area contributed by atoms with Crippen LogP contribution >= 0.6 is 11.6 Å². The van der Waals surface area contributed by atoms with Gasteiger partial charge in [0, 0.05) is 19.2 Å². The SMILES string of the molecule is Nc1ncnc2c1ncn2[C@@H]1O[C@H](CN(CC[C@H](N)C(=O)O)S(=O)(=O)c2ccc(Cl)c([N+](=O)[O-])c2)[C@@H](O)[C@H]1O. The number of aliphatic hydroxyl groups is 2. The van der Waals surface area contributed by atoms with Crippen LogP contribution in [0.2, 0.25) is 5.02 Å². The van der Waals surface area contributed by atoms with Crippen LogP contribution in [-0.2, 0) is 19.6 Å². The van der Waals surface area contributed by atoms with Gasteiger partial charge in [-0.15, -0.1) is 0 Å². The molecule has 0 spiro atoms. The number of hydrogen-bond donors (Lipinski definition) is 5. The zero-order chi connectivity index (χ0) is 28.6. The fraction of sp³-hybridized carbons (Fsp3) is 0.400. The average molecular weight is 587 g/mol. The normalized spacial score (nSPS) is 22.4. The van der Waals surface area contributed by atoms with Crippen molar-refractivity contribution in [3.63, 3.8) is 0 Å². The number of carboxylic acids is 1. The molecule has 0 saturated carbocycles. The first-order valence-electron chi connectivity index (χ1n) is 11.2. The molecule has 0 bridgehead atoms. The highest BCUT2D eigenvalue weighted by atomic mass is 35.5. The minimum atomic E-state index is -4.54. The molecular formula is C20H23ClN8O9S. The van der Waals surface area contributed by atoms with Gasteiger partial charge in [0.15, 0.2) is 17.7 Å². The molecule has 210 valence electrons. The molecule has 2 aromatic heterocycles. The number of nitrogens with two attached hydrogens (primary N) is 2. The number of benzene rings is 1. The number of anilines is 1. The number of nitrogens with zero attached hydrogens (tertiary/aromatic N) is 6. The molecule has 3 aromatic rings. The van der Waals surface area contributed by atoms with Crippen molar-refractivity contribution in [2.45, 2.75) is 41.9 Å². The maximum atomic E-state index is 13.5. The zero-order valence-corrected chi connectivity index (χ0v) is 21.4. The highest BCUT2D eigenvalue weighted by molar-refractivity contribution is 7.89. The Bertz CT molecular complexity index is 1520. The van der Waals surface area contributed by atoms with E-state index in [0.717, 1.165) is 28.8 Å². The van der Waals surface area contributed by atoms with E-state index in [9.17, 15) is 33.5 Å². The van der Waals surface area contributed by atoms with Gasteiger partial charge in [-0.1, -0.05) is 11.6 Å². The summed E-state index contributed by atoms with van der Waals surface area (Å²) in [6.45, 7) is -1.04. The summed E-state index contributed by atoms with van der Waals surface area (Å²) in [5.41, 5.74) is 11.1. The van der Waals surface area contributed by atoms with E-state index in [2.05, 4.69) is 15.0 Å². The number of carbonyl (C=O) groups is 1. The Morgan fingerprint density at radius 3 is 2.67 bits per heavy atom. The second kappa shape index (κ2) is 10.9. The highest BCUT2D eigenvalue weighted by Gasteiger charge is 2.46. The molecule has 1 saturated heterocycles. The van der Waals surface area contributed by atoms with Gasteiger partial charge >= 0.3 is 5.97 Å². The molecule has 1 fully saturated rings. The summed E-state index contributed by atoms with van der Waals surface area (Å²) >= 11 is 5.81. The standard InChI is InChI=1S/C20H23ClN8O9S/c21-10-2-1-9(5-12(10)29(34)35)39(36,37)27(4-3-11(22)20(32)33)6-13-15(30)16(31)19(38-13)28-8-26-14-17(23)24-7-25-18(14)28/h1-2,5,7-8,11,13,15-16,19,30-31H,3-4,6,22H2,(H,32,33)(H2,23,24,25)/t11-,13+,15+,16+,19+/m0/s1. The van der Waals surface area contributed by atoms with Crippen molar-refractivity contribution in [3.05, 3.63) is 46.0 Å². The van der Waals surface area contributed by atoms with E-state index in [-0.39, 0.29) is 28.4 Å². The van der Waals surface area contributed by atoms with Crippen LogP contribution in [0.5, 0.6) is 0 Å². The first-order valence-corrected chi connectivity index (χ1v) is 13.0. The smallest absolute Gasteiger partial charge is 0.320 e. The molecule has 1 aliphatic rings. The number of carboxylic acid groups (broad SMARTS) is 1. The lowest BCUT2D eigenvalue weighted by Crippen LogP contribution is -2.45. The van der Waals surface area contributed by atoms with Gasteiger partial charge in [-0.3, -0.25) is 19.5 Å². The molecule has 1 aromatic carbocycles. The van der Waals surface area contributed by atoms with Crippen molar-refractivity contribution in [1.29, 1.82) is 0 Å². The van der Waals surface area contributed by atoms with Gasteiger partial charge < -0.3 is 31.5 Å². The number of halogens is 1. The summed E-state index contributed by atoms with van der Waals surface area (Å²) < 4.78 is 34.9. The first kappa shape index (κ1) is 28.5. The van der Waals surface area contributed by atoms with Gasteiger partial charge in [0.25, 0.3) is 5.69 Å². The quantitative estimate of drug-likeness (QED) is 0.142. The van der Waals surface area contributed by atoms with Crippen LogP contribution in [0.25, 0.3) is 11.2 Å². The Labute approximate surface area is 224 Å². The molecule has 1 aliphatic heterocycles. The Balaban J connectivity index is 1.65. The number of rotatable bonds is 10. The largest absolute Gasteiger partial charge is 0.480 e. The number of sulfonamides is 1.